The van der Waals surface area contributed by atoms with Crippen molar-refractivity contribution in [2.45, 2.75) is 6.92 Å². The van der Waals surface area contributed by atoms with Crippen LogP contribution in [0.2, 0.25) is 0 Å². The summed E-state index contributed by atoms with van der Waals surface area (Å²) >= 11 is 4.95. The summed E-state index contributed by atoms with van der Waals surface area (Å²) in [5.74, 6) is 6.06. The van der Waals surface area contributed by atoms with E-state index in [9.17, 15) is 0 Å². The Morgan fingerprint density at radius 1 is 0.686 bits per heavy atom. The molecule has 6 heteroatoms. The fourth-order valence-electron chi connectivity index (χ4n) is 4.21. The monoisotopic (exact) mass is 507 g/mol. The highest BCUT2D eigenvalue weighted by Gasteiger charge is 2.16. The van der Waals surface area contributed by atoms with Crippen LogP contribution in [0.1, 0.15) is 12.5 Å². The lowest BCUT2D eigenvalue weighted by atomic mass is 10.00. The first-order chi connectivity index (χ1) is 17.1. The SMILES string of the molecule is CC#Cc1ccc(-c2ccc(-c3cc4sc(-c5ccc(N(C)C)cc5)cc4s3)c3nsnc23)cc1. The van der Waals surface area contributed by atoms with E-state index in [-0.39, 0.29) is 0 Å². The maximum absolute atomic E-state index is 4.68. The number of anilines is 1. The molecule has 0 aliphatic rings. The van der Waals surface area contributed by atoms with Gasteiger partial charge < -0.3 is 4.90 Å². The van der Waals surface area contributed by atoms with Crippen molar-refractivity contribution in [2.24, 2.45) is 0 Å². The molecule has 0 fully saturated rings. The van der Waals surface area contributed by atoms with E-state index in [4.69, 9.17) is 0 Å². The second kappa shape index (κ2) is 8.94. The number of thiophene rings is 2. The molecular weight excluding hydrogens is 487 g/mol. The summed E-state index contributed by atoms with van der Waals surface area (Å²) in [4.78, 5) is 4.66. The summed E-state index contributed by atoms with van der Waals surface area (Å²) in [7, 11) is 4.13. The topological polar surface area (TPSA) is 29.0 Å². The van der Waals surface area contributed by atoms with Gasteiger partial charge in [-0.25, -0.2) is 0 Å². The van der Waals surface area contributed by atoms with Crippen LogP contribution in [0, 0.1) is 11.8 Å². The zero-order chi connectivity index (χ0) is 23.9. The molecule has 3 aromatic carbocycles. The quantitative estimate of drug-likeness (QED) is 0.224. The lowest BCUT2D eigenvalue weighted by Crippen LogP contribution is -2.07. The van der Waals surface area contributed by atoms with Gasteiger partial charge in [-0.3, -0.25) is 0 Å². The van der Waals surface area contributed by atoms with Crippen molar-refractivity contribution in [3.05, 3.63) is 78.4 Å². The summed E-state index contributed by atoms with van der Waals surface area (Å²) in [6.07, 6.45) is 0. The molecule has 35 heavy (non-hydrogen) atoms. The molecule has 3 nitrogen and oxygen atoms in total. The highest BCUT2D eigenvalue weighted by Crippen LogP contribution is 2.44. The predicted octanol–water partition coefficient (Wildman–Crippen LogP) is 8.41. The third kappa shape index (κ3) is 4.02. The van der Waals surface area contributed by atoms with Crippen molar-refractivity contribution in [1.29, 1.82) is 0 Å². The first-order valence-electron chi connectivity index (χ1n) is 11.2. The molecule has 6 rings (SSSR count). The van der Waals surface area contributed by atoms with Gasteiger partial charge in [0.05, 0.1) is 11.7 Å². The third-order valence-electron chi connectivity index (χ3n) is 6.02. The number of fused-ring (bicyclic) bond motifs is 2. The van der Waals surface area contributed by atoms with Crippen LogP contribution in [-0.4, -0.2) is 22.8 Å². The van der Waals surface area contributed by atoms with Crippen LogP contribution in [0.25, 0.3) is 52.4 Å². The molecule has 3 heterocycles. The van der Waals surface area contributed by atoms with Gasteiger partial charge in [0.25, 0.3) is 0 Å². The number of hydrogen-bond acceptors (Lipinski definition) is 6. The van der Waals surface area contributed by atoms with Crippen LogP contribution in [0.15, 0.2) is 72.8 Å². The Balaban J connectivity index is 1.36. The first kappa shape index (κ1) is 22.0. The van der Waals surface area contributed by atoms with E-state index < -0.39 is 0 Å². The Kier molecular flexibility index (Phi) is 5.62. The molecule has 0 aliphatic carbocycles. The molecule has 0 saturated carbocycles. The predicted molar refractivity (Wildman–Crippen MR) is 154 cm³/mol. The summed E-state index contributed by atoms with van der Waals surface area (Å²) in [6.45, 7) is 1.86. The normalized spacial score (nSPS) is 11.1. The van der Waals surface area contributed by atoms with Crippen molar-refractivity contribution >= 4 is 60.5 Å². The van der Waals surface area contributed by atoms with Crippen LogP contribution in [0.4, 0.5) is 5.69 Å². The van der Waals surface area contributed by atoms with E-state index in [0.717, 1.165) is 33.3 Å². The summed E-state index contributed by atoms with van der Waals surface area (Å²) in [5, 5.41) is 0. The molecule has 0 saturated heterocycles. The Bertz CT molecular complexity index is 1690. The molecule has 0 N–H and O–H groups in total. The Labute approximate surface area is 216 Å². The number of hydrogen-bond donors (Lipinski definition) is 0. The standard InChI is InChI=1S/C29H21N3S3/c1-4-5-18-6-8-19(9-7-18)22-14-15-23(29-28(22)30-35-31-29)25-17-27-26(34-25)16-24(33-27)20-10-12-21(13-11-20)32(2)3/h6-17H,1-3H3. The lowest BCUT2D eigenvalue weighted by Gasteiger charge is -2.12. The van der Waals surface area contributed by atoms with Crippen molar-refractivity contribution in [3.63, 3.8) is 0 Å². The molecule has 170 valence electrons. The van der Waals surface area contributed by atoms with E-state index in [0.29, 0.717) is 0 Å². The van der Waals surface area contributed by atoms with Gasteiger partial charge in [-0.2, -0.15) is 8.75 Å². The van der Waals surface area contributed by atoms with Crippen molar-refractivity contribution in [2.75, 3.05) is 19.0 Å². The van der Waals surface area contributed by atoms with E-state index in [1.807, 2.05) is 29.6 Å². The highest BCUT2D eigenvalue weighted by atomic mass is 32.1. The van der Waals surface area contributed by atoms with Crippen LogP contribution in [0.3, 0.4) is 0 Å². The minimum absolute atomic E-state index is 0.959. The number of nitrogens with zero attached hydrogens (tertiary/aromatic N) is 3. The maximum Gasteiger partial charge on any atom is 0.114 e. The maximum atomic E-state index is 4.68. The molecule has 0 aliphatic heterocycles. The molecule has 0 bridgehead atoms. The molecule has 0 spiro atoms. The lowest BCUT2D eigenvalue weighted by molar-refractivity contribution is 1.13. The van der Waals surface area contributed by atoms with Gasteiger partial charge in [0.1, 0.15) is 11.0 Å². The third-order valence-corrected chi connectivity index (χ3v) is 8.93. The van der Waals surface area contributed by atoms with Gasteiger partial charge in [-0.15, -0.1) is 28.6 Å². The van der Waals surface area contributed by atoms with Gasteiger partial charge in [0.15, 0.2) is 0 Å². The fourth-order valence-corrected chi connectivity index (χ4v) is 7.21. The number of rotatable bonds is 4. The first-order valence-corrected chi connectivity index (χ1v) is 13.6. The molecule has 0 amide bonds. The Morgan fingerprint density at radius 3 is 1.97 bits per heavy atom. The van der Waals surface area contributed by atoms with Crippen molar-refractivity contribution < 1.29 is 0 Å². The summed E-state index contributed by atoms with van der Waals surface area (Å²) in [5.41, 5.74) is 8.81. The van der Waals surface area contributed by atoms with E-state index >= 15 is 0 Å². The summed E-state index contributed by atoms with van der Waals surface area (Å²) in [6, 6.07) is 26.1. The Morgan fingerprint density at radius 2 is 1.29 bits per heavy atom. The molecule has 3 aromatic heterocycles. The molecule has 0 unspecified atom stereocenters. The van der Waals surface area contributed by atoms with Gasteiger partial charge >= 0.3 is 0 Å². The van der Waals surface area contributed by atoms with Crippen molar-refractivity contribution in [1.82, 2.24) is 8.75 Å². The minimum atomic E-state index is 0.959. The molecule has 0 atom stereocenters. The summed E-state index contributed by atoms with van der Waals surface area (Å²) < 4.78 is 12.0. The van der Waals surface area contributed by atoms with E-state index in [1.54, 1.807) is 0 Å². The molecular formula is C29H21N3S3. The van der Waals surface area contributed by atoms with Crippen LogP contribution in [0.5, 0.6) is 0 Å². The van der Waals surface area contributed by atoms with Gasteiger partial charge in [-0.1, -0.05) is 42.3 Å². The number of aromatic nitrogens is 2. The average molecular weight is 508 g/mol. The van der Waals surface area contributed by atoms with Crippen LogP contribution >= 0.6 is 34.4 Å². The largest absolute Gasteiger partial charge is 0.378 e. The minimum Gasteiger partial charge on any atom is -0.378 e. The van der Waals surface area contributed by atoms with E-state index in [2.05, 4.69) is 112 Å². The highest BCUT2D eigenvalue weighted by molar-refractivity contribution is 7.31. The second-order valence-electron chi connectivity index (χ2n) is 8.47. The number of benzene rings is 3. The van der Waals surface area contributed by atoms with Gasteiger partial charge in [-0.05, 0) is 54.4 Å². The van der Waals surface area contributed by atoms with Crippen molar-refractivity contribution in [3.8, 4) is 43.8 Å². The van der Waals surface area contributed by atoms with E-state index in [1.165, 1.54) is 42.1 Å². The Hall–Kier alpha value is -3.50. The molecule has 6 aromatic rings. The zero-order valence-electron chi connectivity index (χ0n) is 19.5. The molecule has 0 radical (unpaired) electrons. The average Bonchev–Trinajstić information content (AvgIpc) is 3.60. The fraction of sp³-hybridized carbons (Fsp3) is 0.103. The van der Waals surface area contributed by atoms with Crippen LogP contribution < -0.4 is 4.90 Å². The van der Waals surface area contributed by atoms with Gasteiger partial charge in [0, 0.05) is 55.6 Å². The zero-order valence-corrected chi connectivity index (χ0v) is 21.9. The van der Waals surface area contributed by atoms with Crippen LogP contribution in [-0.2, 0) is 0 Å². The smallest absolute Gasteiger partial charge is 0.114 e. The second-order valence-corrected chi connectivity index (χ2v) is 11.2. The van der Waals surface area contributed by atoms with Gasteiger partial charge in [0.2, 0.25) is 0 Å².